The molecule has 0 fully saturated rings. The summed E-state index contributed by atoms with van der Waals surface area (Å²) in [7, 11) is 0. The molecule has 3 heteroatoms. The molecule has 0 saturated heterocycles. The molecule has 0 aliphatic rings. The van der Waals surface area contributed by atoms with Crippen molar-refractivity contribution >= 4 is 22.9 Å². The molecule has 2 aromatic heterocycles. The van der Waals surface area contributed by atoms with E-state index < -0.39 is 0 Å². The van der Waals surface area contributed by atoms with E-state index in [1.54, 1.807) is 17.6 Å². The van der Waals surface area contributed by atoms with Gasteiger partial charge in [0.15, 0.2) is 0 Å². The second kappa shape index (κ2) is 4.40. The monoisotopic (exact) mass is 260 g/mol. The van der Waals surface area contributed by atoms with E-state index in [1.807, 2.05) is 30.3 Å². The Labute approximate surface area is 108 Å². The van der Waals surface area contributed by atoms with Gasteiger partial charge < -0.3 is 4.42 Å². The lowest BCUT2D eigenvalue weighted by Gasteiger charge is -1.95. The summed E-state index contributed by atoms with van der Waals surface area (Å²) in [4.78, 5) is 1.22. The smallest absolute Gasteiger partial charge is 0.134 e. The van der Waals surface area contributed by atoms with Crippen LogP contribution in [0.2, 0.25) is 5.02 Å². The van der Waals surface area contributed by atoms with Crippen molar-refractivity contribution in [1.29, 1.82) is 0 Å². The summed E-state index contributed by atoms with van der Waals surface area (Å²) in [5.41, 5.74) is 2.15. The van der Waals surface area contributed by atoms with Crippen LogP contribution in [0.15, 0.2) is 58.5 Å². The third-order valence-electron chi connectivity index (χ3n) is 2.53. The Morgan fingerprint density at radius 3 is 2.53 bits per heavy atom. The molecule has 1 nitrogen and oxygen atoms in total. The SMILES string of the molecule is Clc1ccc(-c2cc(-c3cccs3)co2)cc1. The third kappa shape index (κ3) is 2.14. The number of furan rings is 1. The zero-order chi connectivity index (χ0) is 11.7. The second-order valence-electron chi connectivity index (χ2n) is 3.68. The lowest BCUT2D eigenvalue weighted by molar-refractivity contribution is 0.583. The summed E-state index contributed by atoms with van der Waals surface area (Å²) >= 11 is 7.56. The van der Waals surface area contributed by atoms with Crippen LogP contribution in [-0.4, -0.2) is 0 Å². The standard InChI is InChI=1S/C14H9ClOS/c15-12-5-3-10(4-6-12)13-8-11(9-16-13)14-2-1-7-17-14/h1-9H. The summed E-state index contributed by atoms with van der Waals surface area (Å²) in [6, 6.07) is 13.8. The van der Waals surface area contributed by atoms with Crippen LogP contribution in [0.1, 0.15) is 0 Å². The summed E-state index contributed by atoms with van der Waals surface area (Å²) in [5, 5.41) is 2.79. The second-order valence-corrected chi connectivity index (χ2v) is 5.07. The minimum atomic E-state index is 0.735. The van der Waals surface area contributed by atoms with Crippen molar-refractivity contribution in [3.63, 3.8) is 0 Å². The summed E-state index contributed by atoms with van der Waals surface area (Å²) < 4.78 is 5.58. The van der Waals surface area contributed by atoms with Gasteiger partial charge in [-0.25, -0.2) is 0 Å². The molecule has 0 amide bonds. The molecule has 0 radical (unpaired) electrons. The Morgan fingerprint density at radius 1 is 1.00 bits per heavy atom. The van der Waals surface area contributed by atoms with Crippen molar-refractivity contribution < 1.29 is 4.42 Å². The van der Waals surface area contributed by atoms with Gasteiger partial charge in [-0.15, -0.1) is 11.3 Å². The molecule has 84 valence electrons. The molecule has 0 unspecified atom stereocenters. The molecule has 1 aromatic carbocycles. The largest absolute Gasteiger partial charge is 0.464 e. The van der Waals surface area contributed by atoms with Crippen LogP contribution in [0, 0.1) is 0 Å². The molecule has 0 saturated carbocycles. The number of benzene rings is 1. The van der Waals surface area contributed by atoms with Crippen molar-refractivity contribution in [2.24, 2.45) is 0 Å². The van der Waals surface area contributed by atoms with Gasteiger partial charge in [0, 0.05) is 21.0 Å². The van der Waals surface area contributed by atoms with E-state index in [2.05, 4.69) is 17.5 Å². The lowest BCUT2D eigenvalue weighted by atomic mass is 10.1. The fourth-order valence-electron chi connectivity index (χ4n) is 1.67. The summed E-state index contributed by atoms with van der Waals surface area (Å²) in [5.74, 6) is 0.866. The number of hydrogen-bond donors (Lipinski definition) is 0. The van der Waals surface area contributed by atoms with Crippen molar-refractivity contribution in [3.8, 4) is 21.8 Å². The Balaban J connectivity index is 1.98. The number of rotatable bonds is 2. The zero-order valence-corrected chi connectivity index (χ0v) is 10.5. The number of thiophene rings is 1. The minimum Gasteiger partial charge on any atom is -0.464 e. The average Bonchev–Trinajstić information content (AvgIpc) is 3.00. The van der Waals surface area contributed by atoms with Gasteiger partial charge in [-0.05, 0) is 41.8 Å². The van der Waals surface area contributed by atoms with E-state index in [9.17, 15) is 0 Å². The van der Waals surface area contributed by atoms with E-state index in [0.717, 1.165) is 21.9 Å². The van der Waals surface area contributed by atoms with Gasteiger partial charge in [0.2, 0.25) is 0 Å². The van der Waals surface area contributed by atoms with Crippen LogP contribution in [0.4, 0.5) is 0 Å². The molecule has 0 spiro atoms. The first-order valence-corrected chi connectivity index (χ1v) is 6.47. The minimum absolute atomic E-state index is 0.735. The van der Waals surface area contributed by atoms with Crippen molar-refractivity contribution in [2.45, 2.75) is 0 Å². The van der Waals surface area contributed by atoms with Gasteiger partial charge in [0.05, 0.1) is 6.26 Å². The molecule has 0 N–H and O–H groups in total. The highest BCUT2D eigenvalue weighted by atomic mass is 35.5. The molecular formula is C14H9ClOS. The predicted molar refractivity (Wildman–Crippen MR) is 72.5 cm³/mol. The highest BCUT2D eigenvalue weighted by molar-refractivity contribution is 7.13. The van der Waals surface area contributed by atoms with Gasteiger partial charge >= 0.3 is 0 Å². The first kappa shape index (κ1) is 10.6. The van der Waals surface area contributed by atoms with E-state index >= 15 is 0 Å². The first-order chi connectivity index (χ1) is 8.33. The Bertz CT molecular complexity index is 608. The fourth-order valence-corrected chi connectivity index (χ4v) is 2.50. The predicted octanol–water partition coefficient (Wildman–Crippen LogP) is 5.33. The maximum Gasteiger partial charge on any atom is 0.134 e. The van der Waals surface area contributed by atoms with Gasteiger partial charge in [-0.1, -0.05) is 17.7 Å². The van der Waals surface area contributed by atoms with Gasteiger partial charge in [-0.3, -0.25) is 0 Å². The van der Waals surface area contributed by atoms with Gasteiger partial charge in [0.25, 0.3) is 0 Å². The maximum absolute atomic E-state index is 5.86. The van der Waals surface area contributed by atoms with E-state index in [1.165, 1.54) is 4.88 Å². The molecule has 0 atom stereocenters. The first-order valence-electron chi connectivity index (χ1n) is 5.21. The molecule has 0 aliphatic carbocycles. The van der Waals surface area contributed by atoms with E-state index in [4.69, 9.17) is 16.0 Å². The average molecular weight is 261 g/mol. The van der Waals surface area contributed by atoms with Crippen LogP contribution in [0.25, 0.3) is 21.8 Å². The van der Waals surface area contributed by atoms with Crippen LogP contribution in [-0.2, 0) is 0 Å². The molecular weight excluding hydrogens is 252 g/mol. The van der Waals surface area contributed by atoms with E-state index in [-0.39, 0.29) is 0 Å². The Morgan fingerprint density at radius 2 is 1.82 bits per heavy atom. The van der Waals surface area contributed by atoms with Gasteiger partial charge in [0.1, 0.15) is 5.76 Å². The third-order valence-corrected chi connectivity index (χ3v) is 3.70. The fraction of sp³-hybridized carbons (Fsp3) is 0. The van der Waals surface area contributed by atoms with Crippen molar-refractivity contribution in [1.82, 2.24) is 0 Å². The van der Waals surface area contributed by atoms with Crippen molar-refractivity contribution in [2.75, 3.05) is 0 Å². The highest BCUT2D eigenvalue weighted by Crippen LogP contribution is 2.31. The Kier molecular flexibility index (Phi) is 2.75. The maximum atomic E-state index is 5.86. The summed E-state index contributed by atoms with van der Waals surface area (Å²) in [6.07, 6.45) is 1.79. The Hall–Kier alpha value is -1.51. The topological polar surface area (TPSA) is 13.1 Å². The van der Waals surface area contributed by atoms with E-state index in [0.29, 0.717) is 0 Å². The number of halogens is 1. The summed E-state index contributed by atoms with van der Waals surface area (Å²) in [6.45, 7) is 0. The zero-order valence-electron chi connectivity index (χ0n) is 8.89. The molecule has 0 aliphatic heterocycles. The van der Waals surface area contributed by atoms with Crippen LogP contribution >= 0.6 is 22.9 Å². The molecule has 3 aromatic rings. The molecule has 2 heterocycles. The van der Waals surface area contributed by atoms with Crippen LogP contribution in [0.5, 0.6) is 0 Å². The van der Waals surface area contributed by atoms with Crippen LogP contribution < -0.4 is 0 Å². The lowest BCUT2D eigenvalue weighted by Crippen LogP contribution is -1.71. The number of hydrogen-bond acceptors (Lipinski definition) is 2. The quantitative estimate of drug-likeness (QED) is 0.607. The van der Waals surface area contributed by atoms with Gasteiger partial charge in [-0.2, -0.15) is 0 Å². The van der Waals surface area contributed by atoms with Crippen LogP contribution in [0.3, 0.4) is 0 Å². The molecule has 17 heavy (non-hydrogen) atoms. The molecule has 0 bridgehead atoms. The normalized spacial score (nSPS) is 10.6. The highest BCUT2D eigenvalue weighted by Gasteiger charge is 2.06. The van der Waals surface area contributed by atoms with Crippen molar-refractivity contribution in [3.05, 3.63) is 59.1 Å². The molecule has 3 rings (SSSR count).